The minimum absolute atomic E-state index is 0.0466. The maximum atomic E-state index is 8.29. The Hall–Kier alpha value is -0.850. The fourth-order valence-corrected chi connectivity index (χ4v) is 0.795. The third kappa shape index (κ3) is 9.24. The lowest BCUT2D eigenvalue weighted by molar-refractivity contribution is 0.0690. The Bertz CT molecular complexity index is 153. The summed E-state index contributed by atoms with van der Waals surface area (Å²) in [5.41, 5.74) is 6.96. The second kappa shape index (κ2) is 10.2. The molecule has 0 atom stereocenters. The summed E-state index contributed by atoms with van der Waals surface area (Å²) in [6, 6.07) is 0. The van der Waals surface area contributed by atoms with Crippen molar-refractivity contribution in [3.05, 3.63) is 0 Å². The Morgan fingerprint density at radius 3 is 2.79 bits per heavy atom. The van der Waals surface area contributed by atoms with Crippen LogP contribution in [-0.2, 0) is 9.47 Å². The summed E-state index contributed by atoms with van der Waals surface area (Å²) in [5.74, 6) is 0.0466. The Morgan fingerprint density at radius 1 is 1.36 bits per heavy atom. The summed E-state index contributed by atoms with van der Waals surface area (Å²) in [4.78, 5) is 3.83. The first-order valence-corrected chi connectivity index (χ1v) is 4.58. The van der Waals surface area contributed by atoms with Crippen molar-refractivity contribution in [3.8, 4) is 0 Å². The standard InChI is InChI=1S/C8H19N3O3/c1-13-6-7-14-5-3-2-4-10-8(9)11-12/h12H,2-7H2,1H3,(H3,9,10,11). The molecule has 0 saturated heterocycles. The highest BCUT2D eigenvalue weighted by atomic mass is 16.5. The Kier molecular flexibility index (Phi) is 9.61. The van der Waals surface area contributed by atoms with Crippen LogP contribution in [0.3, 0.4) is 0 Å². The van der Waals surface area contributed by atoms with Crippen LogP contribution >= 0.6 is 0 Å². The Balaban J connectivity index is 3.06. The van der Waals surface area contributed by atoms with Gasteiger partial charge >= 0.3 is 0 Å². The lowest BCUT2D eigenvalue weighted by Crippen LogP contribution is -2.28. The predicted molar refractivity (Wildman–Crippen MR) is 53.3 cm³/mol. The number of nitrogens with one attached hydrogen (secondary N) is 1. The smallest absolute Gasteiger partial charge is 0.212 e. The number of hydrogen-bond donors (Lipinski definition) is 3. The molecule has 0 fully saturated rings. The highest BCUT2D eigenvalue weighted by Gasteiger charge is 1.90. The van der Waals surface area contributed by atoms with Crippen LogP contribution in [0.5, 0.6) is 0 Å². The molecule has 0 unspecified atom stereocenters. The number of nitrogens with two attached hydrogens (primary N) is 1. The summed E-state index contributed by atoms with van der Waals surface area (Å²) >= 11 is 0. The average molecular weight is 205 g/mol. The van der Waals surface area contributed by atoms with E-state index >= 15 is 0 Å². The zero-order valence-electron chi connectivity index (χ0n) is 8.53. The number of unbranched alkanes of at least 4 members (excludes halogenated alkanes) is 1. The molecule has 0 aromatic carbocycles. The summed E-state index contributed by atoms with van der Waals surface area (Å²) in [5, 5.41) is 8.29. The van der Waals surface area contributed by atoms with Crippen LogP contribution in [0.4, 0.5) is 0 Å². The number of methoxy groups -OCH3 is 1. The number of aliphatic imine (C=N–C) groups is 1. The monoisotopic (exact) mass is 205 g/mol. The van der Waals surface area contributed by atoms with Gasteiger partial charge in [0.05, 0.1) is 13.2 Å². The van der Waals surface area contributed by atoms with E-state index in [0.717, 1.165) is 12.8 Å². The molecule has 0 bridgehead atoms. The van der Waals surface area contributed by atoms with Crippen molar-refractivity contribution >= 4 is 5.96 Å². The van der Waals surface area contributed by atoms with E-state index < -0.39 is 0 Å². The maximum absolute atomic E-state index is 8.29. The molecule has 0 heterocycles. The maximum Gasteiger partial charge on any atom is 0.212 e. The van der Waals surface area contributed by atoms with Gasteiger partial charge in [0, 0.05) is 20.3 Å². The minimum atomic E-state index is 0.0466. The first-order chi connectivity index (χ1) is 6.81. The molecule has 0 radical (unpaired) electrons. The molecule has 0 spiro atoms. The van der Waals surface area contributed by atoms with Crippen LogP contribution in [0, 0.1) is 0 Å². The van der Waals surface area contributed by atoms with Gasteiger partial charge in [-0.2, -0.15) is 0 Å². The van der Waals surface area contributed by atoms with E-state index in [1.54, 1.807) is 12.6 Å². The molecule has 0 rings (SSSR count). The molecule has 14 heavy (non-hydrogen) atoms. The van der Waals surface area contributed by atoms with Crippen molar-refractivity contribution in [2.75, 3.05) is 33.5 Å². The highest BCUT2D eigenvalue weighted by molar-refractivity contribution is 5.76. The summed E-state index contributed by atoms with van der Waals surface area (Å²) < 4.78 is 10.1. The molecule has 0 aromatic heterocycles. The average Bonchev–Trinajstić information content (AvgIpc) is 2.21. The van der Waals surface area contributed by atoms with Gasteiger partial charge in [0.2, 0.25) is 5.96 Å². The van der Waals surface area contributed by atoms with Crippen molar-refractivity contribution in [1.82, 2.24) is 5.48 Å². The highest BCUT2D eigenvalue weighted by Crippen LogP contribution is 1.90. The molecule has 0 aliphatic rings. The molecule has 4 N–H and O–H groups in total. The van der Waals surface area contributed by atoms with Gasteiger partial charge in [0.25, 0.3) is 0 Å². The van der Waals surface area contributed by atoms with Crippen molar-refractivity contribution in [2.24, 2.45) is 10.7 Å². The van der Waals surface area contributed by atoms with Gasteiger partial charge in [0.1, 0.15) is 0 Å². The van der Waals surface area contributed by atoms with E-state index in [2.05, 4.69) is 4.99 Å². The van der Waals surface area contributed by atoms with E-state index in [0.29, 0.717) is 26.4 Å². The lowest BCUT2D eigenvalue weighted by Gasteiger charge is -2.02. The third-order valence-electron chi connectivity index (χ3n) is 1.53. The molecule has 0 aromatic rings. The number of hydrogen-bond acceptors (Lipinski definition) is 4. The van der Waals surface area contributed by atoms with E-state index in [1.807, 2.05) is 0 Å². The van der Waals surface area contributed by atoms with Gasteiger partial charge in [0.15, 0.2) is 0 Å². The molecule has 0 saturated carbocycles. The predicted octanol–water partition coefficient (Wildman–Crippen LogP) is -0.277. The van der Waals surface area contributed by atoms with Gasteiger partial charge < -0.3 is 15.2 Å². The van der Waals surface area contributed by atoms with Crippen LogP contribution in [0.15, 0.2) is 4.99 Å². The first kappa shape index (κ1) is 13.2. The molecule has 6 heteroatoms. The van der Waals surface area contributed by atoms with Gasteiger partial charge in [-0.25, -0.2) is 5.48 Å². The SMILES string of the molecule is COCCOCCCCN=C(N)NO. The number of nitrogens with zero attached hydrogens (tertiary/aromatic N) is 1. The van der Waals surface area contributed by atoms with E-state index in [-0.39, 0.29) is 5.96 Å². The number of hydroxylamine groups is 1. The van der Waals surface area contributed by atoms with Gasteiger partial charge in [-0.05, 0) is 12.8 Å². The van der Waals surface area contributed by atoms with Crippen LogP contribution in [0.1, 0.15) is 12.8 Å². The van der Waals surface area contributed by atoms with Crippen molar-refractivity contribution in [2.45, 2.75) is 12.8 Å². The largest absolute Gasteiger partial charge is 0.382 e. The zero-order valence-corrected chi connectivity index (χ0v) is 8.53. The Morgan fingerprint density at radius 2 is 2.14 bits per heavy atom. The normalized spacial score (nSPS) is 11.7. The first-order valence-electron chi connectivity index (χ1n) is 4.58. The molecule has 6 nitrogen and oxygen atoms in total. The van der Waals surface area contributed by atoms with Crippen LogP contribution in [0.2, 0.25) is 0 Å². The Labute approximate surface area is 84.1 Å². The van der Waals surface area contributed by atoms with E-state index in [4.69, 9.17) is 20.4 Å². The molecule has 84 valence electrons. The van der Waals surface area contributed by atoms with E-state index in [9.17, 15) is 0 Å². The lowest BCUT2D eigenvalue weighted by atomic mass is 10.3. The van der Waals surface area contributed by atoms with Crippen LogP contribution in [-0.4, -0.2) is 44.6 Å². The van der Waals surface area contributed by atoms with Gasteiger partial charge in [-0.3, -0.25) is 10.2 Å². The molecular formula is C8H19N3O3. The quantitative estimate of drug-likeness (QED) is 0.219. The number of rotatable bonds is 8. The second-order valence-corrected chi connectivity index (χ2v) is 2.69. The van der Waals surface area contributed by atoms with Gasteiger partial charge in [-0.1, -0.05) is 0 Å². The molecule has 0 aliphatic carbocycles. The number of guanidine groups is 1. The topological polar surface area (TPSA) is 89.1 Å². The summed E-state index contributed by atoms with van der Waals surface area (Å²) in [6.07, 6.45) is 1.81. The van der Waals surface area contributed by atoms with Crippen LogP contribution in [0.25, 0.3) is 0 Å². The molecule has 0 aliphatic heterocycles. The van der Waals surface area contributed by atoms with Crippen molar-refractivity contribution < 1.29 is 14.7 Å². The van der Waals surface area contributed by atoms with Gasteiger partial charge in [-0.15, -0.1) is 0 Å². The van der Waals surface area contributed by atoms with Crippen molar-refractivity contribution in [3.63, 3.8) is 0 Å². The second-order valence-electron chi connectivity index (χ2n) is 2.69. The fourth-order valence-electron chi connectivity index (χ4n) is 0.795. The fraction of sp³-hybridized carbons (Fsp3) is 0.875. The number of ether oxygens (including phenoxy) is 2. The zero-order chi connectivity index (χ0) is 10.6. The van der Waals surface area contributed by atoms with Crippen molar-refractivity contribution in [1.29, 1.82) is 0 Å². The summed E-state index contributed by atoms with van der Waals surface area (Å²) in [6.45, 7) is 2.54. The minimum Gasteiger partial charge on any atom is -0.382 e. The summed E-state index contributed by atoms with van der Waals surface area (Å²) in [7, 11) is 1.64. The van der Waals surface area contributed by atoms with Crippen LogP contribution < -0.4 is 11.2 Å². The third-order valence-corrected chi connectivity index (χ3v) is 1.53. The molecule has 0 amide bonds. The molecular weight excluding hydrogens is 186 g/mol. The van der Waals surface area contributed by atoms with E-state index in [1.165, 1.54) is 0 Å².